The standard InChI is InChI=1S/C20H22ClN3O/c1-3-10-24(11-12-25-19-9-8-16(21)13-15(19)2)20-17-6-4-5-7-18(17)22-14-23-20/h4-9,13-14H,3,10-12H2,1-2H3. The summed E-state index contributed by atoms with van der Waals surface area (Å²) in [6.07, 6.45) is 2.67. The molecule has 0 saturated carbocycles. The van der Waals surface area contributed by atoms with Gasteiger partial charge in [0.2, 0.25) is 0 Å². The number of halogens is 1. The lowest BCUT2D eigenvalue weighted by atomic mass is 10.2. The molecule has 0 fully saturated rings. The molecule has 0 bridgehead atoms. The normalized spacial score (nSPS) is 10.8. The first-order valence-electron chi connectivity index (χ1n) is 8.52. The van der Waals surface area contributed by atoms with Gasteiger partial charge in [-0.15, -0.1) is 0 Å². The van der Waals surface area contributed by atoms with Gasteiger partial charge in [-0.3, -0.25) is 0 Å². The molecule has 3 aromatic rings. The van der Waals surface area contributed by atoms with Crippen LogP contribution < -0.4 is 9.64 Å². The molecule has 0 spiro atoms. The average molecular weight is 356 g/mol. The van der Waals surface area contributed by atoms with Crippen LogP contribution in [0.25, 0.3) is 10.9 Å². The molecule has 0 N–H and O–H groups in total. The number of hydrogen-bond donors (Lipinski definition) is 0. The molecule has 0 aliphatic rings. The fourth-order valence-corrected chi connectivity index (χ4v) is 3.10. The second kappa shape index (κ2) is 8.17. The van der Waals surface area contributed by atoms with Crippen LogP contribution in [0.15, 0.2) is 48.8 Å². The molecule has 0 radical (unpaired) electrons. The Hall–Kier alpha value is -2.33. The molecule has 25 heavy (non-hydrogen) atoms. The third-order valence-electron chi connectivity index (χ3n) is 4.07. The Morgan fingerprint density at radius 3 is 2.72 bits per heavy atom. The number of anilines is 1. The highest BCUT2D eigenvalue weighted by atomic mass is 35.5. The first-order valence-corrected chi connectivity index (χ1v) is 8.90. The maximum atomic E-state index is 6.00. The van der Waals surface area contributed by atoms with Gasteiger partial charge in [-0.1, -0.05) is 30.7 Å². The van der Waals surface area contributed by atoms with Crippen molar-refractivity contribution in [2.75, 3.05) is 24.6 Å². The van der Waals surface area contributed by atoms with E-state index in [0.29, 0.717) is 6.61 Å². The zero-order valence-corrected chi connectivity index (χ0v) is 15.3. The van der Waals surface area contributed by atoms with Crippen molar-refractivity contribution in [2.24, 2.45) is 0 Å². The second-order valence-corrected chi connectivity index (χ2v) is 6.40. The van der Waals surface area contributed by atoms with Gasteiger partial charge in [0.05, 0.1) is 12.1 Å². The summed E-state index contributed by atoms with van der Waals surface area (Å²) in [5.41, 5.74) is 2.00. The van der Waals surface area contributed by atoms with Gasteiger partial charge >= 0.3 is 0 Å². The lowest BCUT2D eigenvalue weighted by Gasteiger charge is -2.24. The number of hydrogen-bond acceptors (Lipinski definition) is 4. The van der Waals surface area contributed by atoms with Crippen LogP contribution in [-0.4, -0.2) is 29.7 Å². The van der Waals surface area contributed by atoms with Gasteiger partial charge in [-0.25, -0.2) is 9.97 Å². The van der Waals surface area contributed by atoms with E-state index < -0.39 is 0 Å². The summed E-state index contributed by atoms with van der Waals surface area (Å²) < 4.78 is 5.96. The van der Waals surface area contributed by atoms with E-state index in [0.717, 1.165) is 52.6 Å². The number of fused-ring (bicyclic) bond motifs is 1. The molecule has 0 saturated heterocycles. The van der Waals surface area contributed by atoms with E-state index in [1.165, 1.54) is 0 Å². The summed E-state index contributed by atoms with van der Waals surface area (Å²) in [4.78, 5) is 11.1. The smallest absolute Gasteiger partial charge is 0.139 e. The molecule has 4 nitrogen and oxygen atoms in total. The van der Waals surface area contributed by atoms with Crippen LogP contribution in [0.3, 0.4) is 0 Å². The second-order valence-electron chi connectivity index (χ2n) is 5.96. The largest absolute Gasteiger partial charge is 0.491 e. The molecule has 5 heteroatoms. The van der Waals surface area contributed by atoms with Crippen molar-refractivity contribution < 1.29 is 4.74 Å². The number of ether oxygens (including phenoxy) is 1. The van der Waals surface area contributed by atoms with Crippen LogP contribution in [-0.2, 0) is 0 Å². The van der Waals surface area contributed by atoms with E-state index in [-0.39, 0.29) is 0 Å². The van der Waals surface area contributed by atoms with Crippen molar-refractivity contribution in [1.82, 2.24) is 9.97 Å². The molecule has 130 valence electrons. The zero-order chi connectivity index (χ0) is 17.6. The first kappa shape index (κ1) is 17.5. The summed E-state index contributed by atoms with van der Waals surface area (Å²) in [6.45, 7) is 6.44. The van der Waals surface area contributed by atoms with Crippen LogP contribution in [0.5, 0.6) is 5.75 Å². The summed E-state index contributed by atoms with van der Waals surface area (Å²) in [5, 5.41) is 1.80. The Labute approximate surface area is 153 Å². The van der Waals surface area contributed by atoms with Crippen molar-refractivity contribution in [2.45, 2.75) is 20.3 Å². The number of aromatic nitrogens is 2. The summed E-state index contributed by atoms with van der Waals surface area (Å²) in [5.74, 6) is 1.83. The quantitative estimate of drug-likeness (QED) is 0.605. The fourth-order valence-electron chi connectivity index (χ4n) is 2.88. The van der Waals surface area contributed by atoms with Gasteiger partial charge in [-0.2, -0.15) is 0 Å². The summed E-state index contributed by atoms with van der Waals surface area (Å²) >= 11 is 6.00. The molecule has 0 amide bonds. The van der Waals surface area contributed by atoms with Crippen molar-refractivity contribution >= 4 is 28.3 Å². The van der Waals surface area contributed by atoms with E-state index in [1.807, 2.05) is 43.3 Å². The monoisotopic (exact) mass is 355 g/mol. The Morgan fingerprint density at radius 2 is 1.92 bits per heavy atom. The maximum absolute atomic E-state index is 6.00. The predicted molar refractivity (Wildman–Crippen MR) is 104 cm³/mol. The first-order chi connectivity index (χ1) is 12.2. The van der Waals surface area contributed by atoms with E-state index in [9.17, 15) is 0 Å². The van der Waals surface area contributed by atoms with Crippen molar-refractivity contribution in [3.8, 4) is 5.75 Å². The maximum Gasteiger partial charge on any atom is 0.139 e. The van der Waals surface area contributed by atoms with Gasteiger partial charge in [0, 0.05) is 17.0 Å². The fraction of sp³-hybridized carbons (Fsp3) is 0.300. The number of benzene rings is 2. The minimum Gasteiger partial charge on any atom is -0.491 e. The van der Waals surface area contributed by atoms with E-state index in [4.69, 9.17) is 16.3 Å². The van der Waals surface area contributed by atoms with Crippen molar-refractivity contribution in [3.05, 3.63) is 59.4 Å². The minimum atomic E-state index is 0.584. The Bertz CT molecular complexity index is 848. The zero-order valence-electron chi connectivity index (χ0n) is 14.6. The van der Waals surface area contributed by atoms with Crippen molar-refractivity contribution in [3.63, 3.8) is 0 Å². The summed E-state index contributed by atoms with van der Waals surface area (Å²) in [6, 6.07) is 13.8. The highest BCUT2D eigenvalue weighted by Gasteiger charge is 2.12. The number of para-hydroxylation sites is 1. The Kier molecular flexibility index (Phi) is 5.71. The molecule has 0 aliphatic carbocycles. The van der Waals surface area contributed by atoms with Gasteiger partial charge < -0.3 is 9.64 Å². The van der Waals surface area contributed by atoms with Crippen LogP contribution >= 0.6 is 11.6 Å². The third-order valence-corrected chi connectivity index (χ3v) is 4.31. The molecule has 1 heterocycles. The lowest BCUT2D eigenvalue weighted by molar-refractivity contribution is 0.321. The minimum absolute atomic E-state index is 0.584. The molecule has 0 atom stereocenters. The predicted octanol–water partition coefficient (Wildman–Crippen LogP) is 4.89. The topological polar surface area (TPSA) is 38.2 Å². The average Bonchev–Trinajstić information content (AvgIpc) is 2.62. The highest BCUT2D eigenvalue weighted by molar-refractivity contribution is 6.30. The Balaban J connectivity index is 1.75. The number of rotatable bonds is 7. The molecule has 0 aliphatic heterocycles. The lowest BCUT2D eigenvalue weighted by Crippen LogP contribution is -2.30. The number of nitrogens with zero attached hydrogens (tertiary/aromatic N) is 3. The molecule has 0 unspecified atom stereocenters. The van der Waals surface area contributed by atoms with Gasteiger partial charge in [0.1, 0.15) is 24.5 Å². The molecule has 1 aromatic heterocycles. The van der Waals surface area contributed by atoms with Gasteiger partial charge in [0.25, 0.3) is 0 Å². The van der Waals surface area contributed by atoms with Crippen LogP contribution in [0.4, 0.5) is 5.82 Å². The SMILES string of the molecule is CCCN(CCOc1ccc(Cl)cc1C)c1ncnc2ccccc12. The van der Waals surface area contributed by atoms with Crippen LogP contribution in [0, 0.1) is 6.92 Å². The molecular formula is C20H22ClN3O. The van der Waals surface area contributed by atoms with Gasteiger partial charge in [0.15, 0.2) is 0 Å². The molecule has 3 rings (SSSR count). The van der Waals surface area contributed by atoms with Crippen molar-refractivity contribution in [1.29, 1.82) is 0 Å². The van der Waals surface area contributed by atoms with E-state index in [2.05, 4.69) is 27.9 Å². The third kappa shape index (κ3) is 4.20. The van der Waals surface area contributed by atoms with Crippen LogP contribution in [0.1, 0.15) is 18.9 Å². The van der Waals surface area contributed by atoms with E-state index in [1.54, 1.807) is 6.33 Å². The van der Waals surface area contributed by atoms with E-state index >= 15 is 0 Å². The molecular weight excluding hydrogens is 334 g/mol. The van der Waals surface area contributed by atoms with Crippen LogP contribution in [0.2, 0.25) is 5.02 Å². The molecule has 2 aromatic carbocycles. The highest BCUT2D eigenvalue weighted by Crippen LogP contribution is 2.24. The Morgan fingerprint density at radius 1 is 1.08 bits per heavy atom. The van der Waals surface area contributed by atoms with Gasteiger partial charge in [-0.05, 0) is 49.2 Å². The number of aryl methyl sites for hydroxylation is 1. The summed E-state index contributed by atoms with van der Waals surface area (Å²) in [7, 11) is 0.